The van der Waals surface area contributed by atoms with E-state index in [1.54, 1.807) is 31.2 Å². The molecule has 0 radical (unpaired) electrons. The Morgan fingerprint density at radius 3 is 2.55 bits per heavy atom. The van der Waals surface area contributed by atoms with E-state index in [-0.39, 0.29) is 12.5 Å². The number of anilines is 1. The first kappa shape index (κ1) is 22.6. The molecule has 31 heavy (non-hydrogen) atoms. The van der Waals surface area contributed by atoms with Crippen LogP contribution in [0.1, 0.15) is 29.8 Å². The minimum absolute atomic E-state index is 0.236. The van der Waals surface area contributed by atoms with Crippen LogP contribution in [-0.4, -0.2) is 25.1 Å². The summed E-state index contributed by atoms with van der Waals surface area (Å²) < 4.78 is 10.7. The van der Waals surface area contributed by atoms with E-state index in [1.807, 2.05) is 42.6 Å². The van der Waals surface area contributed by atoms with Crippen LogP contribution in [-0.2, 0) is 9.53 Å². The molecule has 3 aromatic rings. The van der Waals surface area contributed by atoms with E-state index < -0.39 is 5.97 Å². The van der Waals surface area contributed by atoms with Crippen molar-refractivity contribution in [2.24, 2.45) is 0 Å². The highest BCUT2D eigenvalue weighted by atomic mass is 35.5. The van der Waals surface area contributed by atoms with Crippen LogP contribution in [0, 0.1) is 0 Å². The molecule has 0 bridgehead atoms. The van der Waals surface area contributed by atoms with Gasteiger partial charge < -0.3 is 14.8 Å². The van der Waals surface area contributed by atoms with Crippen molar-refractivity contribution in [3.8, 4) is 16.9 Å². The van der Waals surface area contributed by atoms with Gasteiger partial charge in [0.2, 0.25) is 5.91 Å². The van der Waals surface area contributed by atoms with Gasteiger partial charge in [-0.25, -0.2) is 4.79 Å². The fourth-order valence-electron chi connectivity index (χ4n) is 2.90. The lowest BCUT2D eigenvalue weighted by Gasteiger charge is -2.09. The van der Waals surface area contributed by atoms with Crippen LogP contribution in [0.2, 0.25) is 5.02 Å². The summed E-state index contributed by atoms with van der Waals surface area (Å²) >= 11 is 7.24. The van der Waals surface area contributed by atoms with Crippen LogP contribution < -0.4 is 10.1 Å². The second-order valence-electron chi connectivity index (χ2n) is 6.41. The minimum atomic E-state index is -0.484. The van der Waals surface area contributed by atoms with Crippen molar-refractivity contribution in [3.63, 3.8) is 0 Å². The van der Waals surface area contributed by atoms with Gasteiger partial charge >= 0.3 is 5.97 Å². The Kier molecular flexibility index (Phi) is 7.87. The molecule has 0 saturated heterocycles. The molecule has 3 rings (SSSR count). The van der Waals surface area contributed by atoms with E-state index in [1.165, 1.54) is 17.4 Å². The highest BCUT2D eigenvalue weighted by Gasteiger charge is 2.22. The second-order valence-corrected chi connectivity index (χ2v) is 7.73. The van der Waals surface area contributed by atoms with Gasteiger partial charge in [-0.2, -0.15) is 0 Å². The van der Waals surface area contributed by atoms with Crippen molar-refractivity contribution < 1.29 is 19.1 Å². The van der Waals surface area contributed by atoms with Crippen LogP contribution in [0.15, 0.2) is 60.0 Å². The Bertz CT molecular complexity index is 1090. The molecule has 1 amide bonds. The number of amides is 1. The number of halogens is 1. The summed E-state index contributed by atoms with van der Waals surface area (Å²) in [5.41, 5.74) is 2.66. The third-order valence-corrected chi connectivity index (χ3v) is 5.39. The first-order valence-corrected chi connectivity index (χ1v) is 11.0. The van der Waals surface area contributed by atoms with Crippen molar-refractivity contribution in [1.29, 1.82) is 0 Å². The predicted octanol–water partition coefficient (Wildman–Crippen LogP) is 6.30. The summed E-state index contributed by atoms with van der Waals surface area (Å²) in [4.78, 5) is 25.1. The van der Waals surface area contributed by atoms with Gasteiger partial charge in [-0.3, -0.25) is 4.79 Å². The molecule has 1 heterocycles. The number of carbonyl (C=O) groups excluding carboxylic acids is 2. The van der Waals surface area contributed by atoms with E-state index in [0.29, 0.717) is 27.8 Å². The minimum Gasteiger partial charge on any atom is -0.494 e. The SMILES string of the molecule is CCOC(=O)c1c(-c2ccc(OCC)cc2)csc1NC(=O)C=Cc1cccc(Cl)c1. The van der Waals surface area contributed by atoms with Gasteiger partial charge in [0.1, 0.15) is 16.3 Å². The highest BCUT2D eigenvalue weighted by molar-refractivity contribution is 7.15. The molecular weight excluding hydrogens is 434 g/mol. The van der Waals surface area contributed by atoms with Crippen LogP contribution in [0.4, 0.5) is 5.00 Å². The van der Waals surface area contributed by atoms with Gasteiger partial charge in [0.05, 0.1) is 13.2 Å². The zero-order valence-electron chi connectivity index (χ0n) is 17.2. The first-order chi connectivity index (χ1) is 15.0. The van der Waals surface area contributed by atoms with Gasteiger partial charge in [0.25, 0.3) is 0 Å². The molecule has 7 heteroatoms. The average molecular weight is 456 g/mol. The maximum absolute atomic E-state index is 12.7. The molecule has 1 aromatic heterocycles. The Morgan fingerprint density at radius 1 is 1.10 bits per heavy atom. The summed E-state index contributed by atoms with van der Waals surface area (Å²) in [7, 11) is 0. The maximum Gasteiger partial charge on any atom is 0.341 e. The van der Waals surface area contributed by atoms with E-state index >= 15 is 0 Å². The lowest BCUT2D eigenvalue weighted by molar-refractivity contribution is -0.111. The molecule has 0 saturated carbocycles. The van der Waals surface area contributed by atoms with Crippen molar-refractivity contribution in [2.75, 3.05) is 18.5 Å². The molecule has 0 unspecified atom stereocenters. The van der Waals surface area contributed by atoms with Crippen LogP contribution in [0.25, 0.3) is 17.2 Å². The van der Waals surface area contributed by atoms with Gasteiger partial charge in [-0.1, -0.05) is 35.9 Å². The summed E-state index contributed by atoms with van der Waals surface area (Å²) in [6.07, 6.45) is 3.06. The van der Waals surface area contributed by atoms with E-state index in [2.05, 4.69) is 5.32 Å². The molecule has 0 aliphatic rings. The molecule has 0 atom stereocenters. The monoisotopic (exact) mass is 455 g/mol. The average Bonchev–Trinajstić information content (AvgIpc) is 3.17. The maximum atomic E-state index is 12.7. The van der Waals surface area contributed by atoms with E-state index in [4.69, 9.17) is 21.1 Å². The third kappa shape index (κ3) is 5.96. The normalized spacial score (nSPS) is 10.8. The summed E-state index contributed by atoms with van der Waals surface area (Å²) in [5.74, 6) is -0.0915. The Hall–Kier alpha value is -3.09. The number of esters is 1. The summed E-state index contributed by atoms with van der Waals surface area (Å²) in [6, 6.07) is 14.6. The van der Waals surface area contributed by atoms with E-state index in [9.17, 15) is 9.59 Å². The molecule has 0 aliphatic carbocycles. The highest BCUT2D eigenvalue weighted by Crippen LogP contribution is 2.37. The topological polar surface area (TPSA) is 64.6 Å². The standard InChI is InChI=1S/C24H22ClNO4S/c1-3-29-19-11-9-17(10-12-19)20-15-31-23(22(20)24(28)30-4-2)26-21(27)13-8-16-6-5-7-18(25)14-16/h5-15H,3-4H2,1-2H3,(H,26,27). The number of benzene rings is 2. The number of rotatable bonds is 8. The molecule has 1 N–H and O–H groups in total. The Balaban J connectivity index is 1.86. The summed E-state index contributed by atoms with van der Waals surface area (Å²) in [6.45, 7) is 4.47. The largest absolute Gasteiger partial charge is 0.494 e. The zero-order chi connectivity index (χ0) is 22.2. The number of ether oxygens (including phenoxy) is 2. The Morgan fingerprint density at radius 2 is 1.87 bits per heavy atom. The van der Waals surface area contributed by atoms with Crippen LogP contribution in [0.5, 0.6) is 5.75 Å². The number of thiophene rings is 1. The summed E-state index contributed by atoms with van der Waals surface area (Å²) in [5, 5.41) is 5.64. The second kappa shape index (κ2) is 10.8. The third-order valence-electron chi connectivity index (χ3n) is 4.26. The number of nitrogens with one attached hydrogen (secondary N) is 1. The predicted molar refractivity (Wildman–Crippen MR) is 126 cm³/mol. The van der Waals surface area contributed by atoms with Crippen molar-refractivity contribution in [3.05, 3.63) is 76.1 Å². The zero-order valence-corrected chi connectivity index (χ0v) is 18.8. The lowest BCUT2D eigenvalue weighted by Crippen LogP contribution is -2.12. The fourth-order valence-corrected chi connectivity index (χ4v) is 4.06. The first-order valence-electron chi connectivity index (χ1n) is 9.78. The van der Waals surface area contributed by atoms with Gasteiger partial charge in [-0.05, 0) is 55.3 Å². The van der Waals surface area contributed by atoms with E-state index in [0.717, 1.165) is 16.9 Å². The van der Waals surface area contributed by atoms with Gasteiger partial charge in [0.15, 0.2) is 0 Å². The molecule has 5 nitrogen and oxygen atoms in total. The molecule has 160 valence electrons. The van der Waals surface area contributed by atoms with Crippen LogP contribution in [0.3, 0.4) is 0 Å². The smallest absolute Gasteiger partial charge is 0.341 e. The molecular formula is C24H22ClNO4S. The van der Waals surface area contributed by atoms with Crippen LogP contribution >= 0.6 is 22.9 Å². The molecule has 2 aromatic carbocycles. The van der Waals surface area contributed by atoms with Gasteiger partial charge in [-0.15, -0.1) is 11.3 Å². The molecule has 0 aliphatic heterocycles. The molecule has 0 fully saturated rings. The quantitative estimate of drug-likeness (QED) is 0.320. The number of hydrogen-bond donors (Lipinski definition) is 1. The Labute approximate surface area is 190 Å². The van der Waals surface area contributed by atoms with Crippen molar-refractivity contribution in [1.82, 2.24) is 0 Å². The lowest BCUT2D eigenvalue weighted by atomic mass is 10.0. The van der Waals surface area contributed by atoms with Crippen molar-refractivity contribution >= 4 is 45.9 Å². The number of hydrogen-bond acceptors (Lipinski definition) is 5. The van der Waals surface area contributed by atoms with Crippen molar-refractivity contribution in [2.45, 2.75) is 13.8 Å². The fraction of sp³-hybridized carbons (Fsp3) is 0.167. The number of carbonyl (C=O) groups is 2. The van der Waals surface area contributed by atoms with Gasteiger partial charge in [0, 0.05) is 22.0 Å². The molecule has 0 spiro atoms.